The van der Waals surface area contributed by atoms with E-state index < -0.39 is 6.72 Å². The van der Waals surface area contributed by atoms with Crippen molar-refractivity contribution in [1.82, 2.24) is 4.67 Å². The molecule has 134 valence electrons. The summed E-state index contributed by atoms with van der Waals surface area (Å²) in [5.41, 5.74) is 0.732. The van der Waals surface area contributed by atoms with E-state index in [1.807, 2.05) is 25.1 Å². The highest BCUT2D eigenvalue weighted by Crippen LogP contribution is 2.62. The molecule has 0 aromatic heterocycles. The average Bonchev–Trinajstić information content (AvgIpc) is 2.61. The molecule has 2 aromatic carbocycles. The van der Waals surface area contributed by atoms with Crippen LogP contribution in [0.25, 0.3) is 0 Å². The van der Waals surface area contributed by atoms with Crippen LogP contribution < -0.4 is 4.52 Å². The third kappa shape index (κ3) is 6.10. The van der Waals surface area contributed by atoms with Gasteiger partial charge >= 0.3 is 6.72 Å². The first kappa shape index (κ1) is 19.9. The Balaban J connectivity index is 2.20. The van der Waals surface area contributed by atoms with Gasteiger partial charge in [-0.2, -0.15) is 0 Å². The summed E-state index contributed by atoms with van der Waals surface area (Å²) in [6.07, 6.45) is 2.44. The lowest BCUT2D eigenvalue weighted by atomic mass is 10.3. The summed E-state index contributed by atoms with van der Waals surface area (Å²) < 4.78 is 20.9. The van der Waals surface area contributed by atoms with Crippen LogP contribution in [0, 0.1) is 0 Å². The maximum absolute atomic E-state index is 13.5. The van der Waals surface area contributed by atoms with Gasteiger partial charge in [-0.15, -0.1) is 0 Å². The lowest BCUT2D eigenvalue weighted by Crippen LogP contribution is -2.16. The van der Waals surface area contributed by atoms with Crippen molar-refractivity contribution in [3.63, 3.8) is 0 Å². The number of halogens is 1. The molecule has 2 rings (SSSR count). The Morgan fingerprint density at radius 2 is 1.88 bits per heavy atom. The van der Waals surface area contributed by atoms with Crippen LogP contribution in [0.1, 0.15) is 20.3 Å². The van der Waals surface area contributed by atoms with Gasteiger partial charge in [0.15, 0.2) is 0 Å². The third-order valence-corrected chi connectivity index (χ3v) is 8.84. The van der Waals surface area contributed by atoms with Gasteiger partial charge < -0.3 is 4.52 Å². The second kappa shape index (κ2) is 9.33. The molecule has 0 saturated heterocycles. The molecule has 2 unspecified atom stereocenters. The van der Waals surface area contributed by atoms with Crippen LogP contribution in [-0.2, 0) is 4.57 Å². The van der Waals surface area contributed by atoms with E-state index in [1.165, 1.54) is 11.4 Å². The largest absolute Gasteiger partial charge is 0.422 e. The van der Waals surface area contributed by atoms with Crippen LogP contribution in [0.15, 0.2) is 59.6 Å². The second-order valence-electron chi connectivity index (χ2n) is 5.49. The fourth-order valence-electron chi connectivity index (χ4n) is 1.82. The zero-order chi connectivity index (χ0) is 18.3. The summed E-state index contributed by atoms with van der Waals surface area (Å²) in [7, 11) is 1.72. The molecule has 7 heteroatoms. The molecule has 0 heterocycles. The van der Waals surface area contributed by atoms with Crippen LogP contribution in [0.2, 0.25) is 5.02 Å². The number of para-hydroxylation sites is 1. The number of hydrogen-bond donors (Lipinski definition) is 0. The van der Waals surface area contributed by atoms with E-state index in [4.69, 9.17) is 16.1 Å². The molecule has 0 amide bonds. The first-order chi connectivity index (χ1) is 11.9. The van der Waals surface area contributed by atoms with Crippen LogP contribution in [0.4, 0.5) is 5.69 Å². The standard InChI is InChI=1S/C18H22ClN2O2PS/c1-4-15(2)25-24(22,23-18-8-6-5-7-9-18)21(3)14-20-17-12-10-16(19)11-13-17/h5-15H,4H2,1-3H3. The normalized spacial score (nSPS) is 14.9. The fraction of sp³-hybridized carbons (Fsp3) is 0.278. The molecular formula is C18H22ClN2O2PS. The molecule has 2 atom stereocenters. The number of nitrogens with zero attached hydrogens (tertiary/aromatic N) is 2. The fourth-order valence-corrected chi connectivity index (χ4v) is 6.21. The topological polar surface area (TPSA) is 41.9 Å². The minimum atomic E-state index is -3.18. The van der Waals surface area contributed by atoms with Crippen molar-refractivity contribution < 1.29 is 9.09 Å². The summed E-state index contributed by atoms with van der Waals surface area (Å²) in [6, 6.07) is 16.3. The lowest BCUT2D eigenvalue weighted by Gasteiger charge is -2.27. The molecule has 0 radical (unpaired) electrons. The van der Waals surface area contributed by atoms with E-state index in [0.717, 1.165) is 12.1 Å². The molecule has 0 aliphatic carbocycles. The third-order valence-electron chi connectivity index (χ3n) is 3.44. The van der Waals surface area contributed by atoms with Crippen LogP contribution in [-0.4, -0.2) is 23.3 Å². The first-order valence-corrected chi connectivity index (χ1v) is 11.4. The van der Waals surface area contributed by atoms with E-state index in [-0.39, 0.29) is 5.25 Å². The quantitative estimate of drug-likeness (QED) is 0.284. The van der Waals surface area contributed by atoms with Gasteiger partial charge in [-0.25, -0.2) is 9.56 Å². The molecule has 0 fully saturated rings. The van der Waals surface area contributed by atoms with E-state index in [0.29, 0.717) is 10.8 Å². The van der Waals surface area contributed by atoms with Crippen molar-refractivity contribution in [2.24, 2.45) is 4.99 Å². The van der Waals surface area contributed by atoms with Gasteiger partial charge in [0, 0.05) is 17.3 Å². The van der Waals surface area contributed by atoms with Crippen molar-refractivity contribution in [1.29, 1.82) is 0 Å². The average molecular weight is 397 g/mol. The van der Waals surface area contributed by atoms with Gasteiger partial charge in [0.05, 0.1) is 12.0 Å². The molecule has 0 N–H and O–H groups in total. The van der Waals surface area contributed by atoms with Gasteiger partial charge in [-0.3, -0.25) is 4.67 Å². The monoisotopic (exact) mass is 396 g/mol. The highest BCUT2D eigenvalue weighted by atomic mass is 35.5. The van der Waals surface area contributed by atoms with Crippen molar-refractivity contribution in [2.45, 2.75) is 25.5 Å². The summed E-state index contributed by atoms with van der Waals surface area (Å²) in [5.74, 6) is 0.577. The van der Waals surface area contributed by atoms with Gasteiger partial charge in [0.25, 0.3) is 0 Å². The molecular weight excluding hydrogens is 375 g/mol. The van der Waals surface area contributed by atoms with E-state index in [9.17, 15) is 4.57 Å². The Hall–Kier alpha value is -1.42. The maximum Gasteiger partial charge on any atom is 0.403 e. The lowest BCUT2D eigenvalue weighted by molar-refractivity contribution is 0.462. The molecule has 0 aliphatic heterocycles. The Labute approximate surface area is 158 Å². The van der Waals surface area contributed by atoms with E-state index >= 15 is 0 Å². The van der Waals surface area contributed by atoms with E-state index in [2.05, 4.69) is 11.9 Å². The molecule has 0 aliphatic rings. The SMILES string of the molecule is CCC(C)SP(=O)(Oc1ccccc1)N(C)C=Nc1ccc(Cl)cc1. The van der Waals surface area contributed by atoms with Crippen molar-refractivity contribution in [2.75, 3.05) is 7.05 Å². The van der Waals surface area contributed by atoms with Gasteiger partial charge in [-0.05, 0) is 54.2 Å². The zero-order valence-electron chi connectivity index (χ0n) is 14.5. The van der Waals surface area contributed by atoms with Crippen LogP contribution in [0.3, 0.4) is 0 Å². The highest BCUT2D eigenvalue weighted by molar-refractivity contribution is 8.56. The predicted octanol–water partition coefficient (Wildman–Crippen LogP) is 6.65. The zero-order valence-corrected chi connectivity index (χ0v) is 17.0. The van der Waals surface area contributed by atoms with Crippen LogP contribution >= 0.6 is 29.7 Å². The second-order valence-corrected chi connectivity index (χ2v) is 10.7. The molecule has 25 heavy (non-hydrogen) atoms. The maximum atomic E-state index is 13.5. The van der Waals surface area contributed by atoms with Gasteiger partial charge in [-0.1, -0.05) is 43.6 Å². The Bertz CT molecular complexity index is 741. The summed E-state index contributed by atoms with van der Waals surface area (Å²) in [4.78, 5) is 4.36. The summed E-state index contributed by atoms with van der Waals surface area (Å²) in [6.45, 7) is 0.923. The van der Waals surface area contributed by atoms with Crippen LogP contribution in [0.5, 0.6) is 5.75 Å². The molecule has 4 nitrogen and oxygen atoms in total. The molecule has 0 saturated carbocycles. The molecule has 0 bridgehead atoms. The smallest absolute Gasteiger partial charge is 0.403 e. The van der Waals surface area contributed by atoms with Crippen molar-refractivity contribution >= 4 is 41.7 Å². The Morgan fingerprint density at radius 3 is 2.48 bits per heavy atom. The first-order valence-electron chi connectivity index (χ1n) is 7.99. The van der Waals surface area contributed by atoms with Gasteiger partial charge in [0.2, 0.25) is 0 Å². The Morgan fingerprint density at radius 1 is 1.24 bits per heavy atom. The minimum Gasteiger partial charge on any atom is -0.422 e. The summed E-state index contributed by atoms with van der Waals surface area (Å²) in [5, 5.41) is 0.846. The highest BCUT2D eigenvalue weighted by Gasteiger charge is 2.32. The molecule has 2 aromatic rings. The predicted molar refractivity (Wildman–Crippen MR) is 109 cm³/mol. The van der Waals surface area contributed by atoms with Crippen molar-refractivity contribution in [3.8, 4) is 5.75 Å². The number of rotatable bonds is 8. The molecule has 0 spiro atoms. The summed E-state index contributed by atoms with van der Waals surface area (Å²) >= 11 is 7.21. The van der Waals surface area contributed by atoms with Gasteiger partial charge in [0.1, 0.15) is 5.75 Å². The van der Waals surface area contributed by atoms with E-state index in [1.54, 1.807) is 54.5 Å². The van der Waals surface area contributed by atoms with Crippen molar-refractivity contribution in [3.05, 3.63) is 59.6 Å². The number of hydrogen-bond acceptors (Lipinski definition) is 4. The minimum absolute atomic E-state index is 0.195. The number of aliphatic imine (C=N–C) groups is 1. The number of benzene rings is 2. The Kier molecular flexibility index (Phi) is 7.42.